The molecule has 0 spiro atoms. The summed E-state index contributed by atoms with van der Waals surface area (Å²) in [5, 5.41) is 5.68. The van der Waals surface area contributed by atoms with Gasteiger partial charge in [-0.05, 0) is 49.6 Å². The third-order valence-electron chi connectivity index (χ3n) is 5.16. The van der Waals surface area contributed by atoms with Crippen LogP contribution in [-0.2, 0) is 23.2 Å². The number of carbonyl (C=O) groups is 1. The van der Waals surface area contributed by atoms with Crippen LogP contribution in [0.5, 0.6) is 5.75 Å². The van der Waals surface area contributed by atoms with E-state index < -0.39 is 38.8 Å². The van der Waals surface area contributed by atoms with Gasteiger partial charge in [-0.15, -0.1) is 0 Å². The van der Waals surface area contributed by atoms with Crippen molar-refractivity contribution in [3.8, 4) is 5.75 Å². The highest BCUT2D eigenvalue weighted by Crippen LogP contribution is 2.24. The van der Waals surface area contributed by atoms with Crippen molar-refractivity contribution in [3.05, 3.63) is 63.6 Å². The summed E-state index contributed by atoms with van der Waals surface area (Å²) in [6, 6.07) is 3.74. The van der Waals surface area contributed by atoms with E-state index in [-0.39, 0.29) is 12.6 Å². The number of nitrogens with one attached hydrogen (secondary N) is 2. The van der Waals surface area contributed by atoms with E-state index in [1.165, 1.54) is 28.8 Å². The molecular weight excluding hydrogens is 439 g/mol. The van der Waals surface area contributed by atoms with Crippen LogP contribution in [-0.4, -0.2) is 37.2 Å². The second-order valence-corrected chi connectivity index (χ2v) is 9.03. The van der Waals surface area contributed by atoms with E-state index in [2.05, 4.69) is 22.2 Å². The molecular formula is C21H25FN4O5S. The predicted molar refractivity (Wildman–Crippen MR) is 117 cm³/mol. The van der Waals surface area contributed by atoms with Crippen molar-refractivity contribution < 1.29 is 21.8 Å². The molecule has 0 fully saturated rings. The molecule has 0 bridgehead atoms. The first-order valence-electron chi connectivity index (χ1n) is 10.0. The molecule has 1 aliphatic heterocycles. The van der Waals surface area contributed by atoms with Crippen molar-refractivity contribution in [2.45, 2.75) is 38.4 Å². The Hall–Kier alpha value is -3.05. The molecule has 0 radical (unpaired) electrons. The normalized spacial score (nSPS) is 16.0. The number of halogens is 1. The minimum absolute atomic E-state index is 0.0195. The lowest BCUT2D eigenvalue weighted by atomic mass is 10.1. The summed E-state index contributed by atoms with van der Waals surface area (Å²) in [5.41, 5.74) is -0.0830. The number of fused-ring (bicyclic) bond motifs is 1. The van der Waals surface area contributed by atoms with Crippen molar-refractivity contribution in [1.29, 1.82) is 0 Å². The monoisotopic (exact) mass is 464 g/mol. The fraction of sp³-hybridized carbons (Fsp3) is 0.381. The molecule has 0 saturated heterocycles. The van der Waals surface area contributed by atoms with E-state index in [1.807, 2.05) is 0 Å². The Balaban J connectivity index is 2.04. The highest BCUT2D eigenvalue weighted by molar-refractivity contribution is 7.86. The molecule has 1 aromatic carbocycles. The molecule has 1 atom stereocenters. The molecule has 172 valence electrons. The van der Waals surface area contributed by atoms with Gasteiger partial charge in [0, 0.05) is 13.1 Å². The first kappa shape index (κ1) is 23.6. The van der Waals surface area contributed by atoms with Crippen molar-refractivity contribution in [1.82, 2.24) is 20.2 Å². The Bertz CT molecular complexity index is 1210. The second-order valence-electron chi connectivity index (χ2n) is 7.46. The maximum atomic E-state index is 13.5. The first-order chi connectivity index (χ1) is 15.1. The van der Waals surface area contributed by atoms with Crippen LogP contribution in [0.3, 0.4) is 0 Å². The number of hydrogen-bond donors (Lipinski definition) is 2. The summed E-state index contributed by atoms with van der Waals surface area (Å²) in [5.74, 6) is -1.54. The van der Waals surface area contributed by atoms with E-state index in [4.69, 9.17) is 4.18 Å². The number of nitrogens with zero attached hydrogens (tertiary/aromatic N) is 2. The zero-order chi connectivity index (χ0) is 23.5. The van der Waals surface area contributed by atoms with Gasteiger partial charge in [-0.25, -0.2) is 9.37 Å². The molecule has 3 rings (SSSR count). The summed E-state index contributed by atoms with van der Waals surface area (Å²) in [6.45, 7) is 3.94. The number of amides is 1. The quantitative estimate of drug-likeness (QED) is 0.599. The van der Waals surface area contributed by atoms with Gasteiger partial charge in [0.05, 0.1) is 12.3 Å². The average molecular weight is 465 g/mol. The number of benzene rings is 1. The predicted octanol–water partition coefficient (Wildman–Crippen LogP) is 1.74. The zero-order valence-electron chi connectivity index (χ0n) is 17.9. The fourth-order valence-electron chi connectivity index (χ4n) is 3.61. The highest BCUT2D eigenvalue weighted by atomic mass is 32.2. The fourth-order valence-corrected chi connectivity index (χ4v) is 4.07. The highest BCUT2D eigenvalue weighted by Gasteiger charge is 2.29. The van der Waals surface area contributed by atoms with Crippen LogP contribution in [0, 0.1) is 5.82 Å². The Morgan fingerprint density at radius 2 is 2.16 bits per heavy atom. The summed E-state index contributed by atoms with van der Waals surface area (Å²) in [6.07, 6.45) is 4.47. The minimum Gasteiger partial charge on any atom is -0.374 e. The Labute approximate surface area is 185 Å². The van der Waals surface area contributed by atoms with Crippen LogP contribution < -0.4 is 20.4 Å². The van der Waals surface area contributed by atoms with Gasteiger partial charge < -0.3 is 14.8 Å². The average Bonchev–Trinajstić information content (AvgIpc) is 2.95. The van der Waals surface area contributed by atoms with Crippen LogP contribution in [0.4, 0.5) is 4.39 Å². The van der Waals surface area contributed by atoms with Gasteiger partial charge in [0.1, 0.15) is 11.6 Å². The number of hydrogen-bond acceptors (Lipinski definition) is 7. The molecule has 1 aromatic heterocycles. The summed E-state index contributed by atoms with van der Waals surface area (Å²) < 4.78 is 43.3. The van der Waals surface area contributed by atoms with Gasteiger partial charge in [0.25, 0.3) is 11.5 Å². The molecule has 0 aliphatic carbocycles. The van der Waals surface area contributed by atoms with Crippen molar-refractivity contribution in [3.63, 3.8) is 0 Å². The van der Waals surface area contributed by atoms with Gasteiger partial charge in [-0.1, -0.05) is 18.7 Å². The van der Waals surface area contributed by atoms with E-state index in [1.54, 1.807) is 7.05 Å². The maximum Gasteiger partial charge on any atom is 0.306 e. The van der Waals surface area contributed by atoms with Crippen LogP contribution in [0.25, 0.3) is 6.08 Å². The van der Waals surface area contributed by atoms with E-state index in [9.17, 15) is 22.4 Å². The topological polar surface area (TPSA) is 119 Å². The standard InChI is InChI=1S/C21H25FN4O5S/c1-4-13-11-15(22)9-8-14(13)12-24-20(27)17-18(31-32(3,29)30)21(28)26-10-6-5-7-16(23-2)19(26)25-17/h4,8-9,11,16,23H,1,5-7,10,12H2,2-3H3,(H,24,27). The molecule has 1 amide bonds. The first-order valence-corrected chi connectivity index (χ1v) is 11.9. The Morgan fingerprint density at radius 3 is 2.81 bits per heavy atom. The summed E-state index contributed by atoms with van der Waals surface area (Å²) in [4.78, 5) is 30.5. The van der Waals surface area contributed by atoms with Gasteiger partial charge >= 0.3 is 10.1 Å². The summed E-state index contributed by atoms with van der Waals surface area (Å²) in [7, 11) is -2.38. The molecule has 2 heterocycles. The minimum atomic E-state index is -4.10. The van der Waals surface area contributed by atoms with E-state index in [0.29, 0.717) is 36.3 Å². The number of carbonyl (C=O) groups excluding carboxylic acids is 1. The lowest BCUT2D eigenvalue weighted by Crippen LogP contribution is -2.35. The van der Waals surface area contributed by atoms with Crippen LogP contribution in [0.2, 0.25) is 0 Å². The van der Waals surface area contributed by atoms with E-state index >= 15 is 0 Å². The maximum absolute atomic E-state index is 13.5. The number of aromatic nitrogens is 2. The largest absolute Gasteiger partial charge is 0.374 e. The van der Waals surface area contributed by atoms with Crippen LogP contribution >= 0.6 is 0 Å². The van der Waals surface area contributed by atoms with Crippen molar-refractivity contribution in [2.24, 2.45) is 0 Å². The van der Waals surface area contributed by atoms with Gasteiger partial charge in [0.15, 0.2) is 5.69 Å². The van der Waals surface area contributed by atoms with Crippen molar-refractivity contribution >= 4 is 22.1 Å². The Morgan fingerprint density at radius 1 is 1.41 bits per heavy atom. The van der Waals surface area contributed by atoms with Gasteiger partial charge in [-0.3, -0.25) is 14.2 Å². The third-order valence-corrected chi connectivity index (χ3v) is 5.63. The number of rotatable bonds is 7. The lowest BCUT2D eigenvalue weighted by molar-refractivity contribution is 0.0943. The van der Waals surface area contributed by atoms with Crippen LogP contribution in [0.15, 0.2) is 29.6 Å². The Kier molecular flexibility index (Phi) is 7.09. The summed E-state index contributed by atoms with van der Waals surface area (Å²) >= 11 is 0. The third kappa shape index (κ3) is 5.22. The van der Waals surface area contributed by atoms with E-state index in [0.717, 1.165) is 12.7 Å². The smallest absolute Gasteiger partial charge is 0.306 e. The van der Waals surface area contributed by atoms with Crippen LogP contribution in [0.1, 0.15) is 52.7 Å². The molecule has 1 unspecified atom stereocenters. The van der Waals surface area contributed by atoms with Crippen molar-refractivity contribution in [2.75, 3.05) is 13.3 Å². The molecule has 1 aliphatic rings. The molecule has 2 N–H and O–H groups in total. The zero-order valence-corrected chi connectivity index (χ0v) is 18.7. The molecule has 32 heavy (non-hydrogen) atoms. The van der Waals surface area contributed by atoms with Gasteiger partial charge in [0.2, 0.25) is 5.75 Å². The SMILES string of the molecule is C=Cc1cc(F)ccc1CNC(=O)c1nc2n(c(=O)c1OS(C)(=O)=O)CCCCC2NC. The molecule has 9 nitrogen and oxygen atoms in total. The molecule has 11 heteroatoms. The molecule has 0 saturated carbocycles. The molecule has 2 aromatic rings. The van der Waals surface area contributed by atoms with Gasteiger partial charge in [-0.2, -0.15) is 8.42 Å². The lowest BCUT2D eigenvalue weighted by Gasteiger charge is -2.19. The second kappa shape index (κ2) is 9.61.